The standard InChI is InChI=1S/C27H22N2O4/c1-19-7-2-4-10-23(19)27(31)33-22-15-13-20(14-16-22)17-28-29-26(30)18-32-25-12-6-9-21-8-3-5-11-24(21)25/h2-17H,18H2,1H3,(H,29,30)/b28-17-. The number of nitrogens with zero attached hydrogens (tertiary/aromatic N) is 1. The normalized spacial score (nSPS) is 10.8. The topological polar surface area (TPSA) is 77.0 Å². The van der Waals surface area contributed by atoms with Crippen molar-refractivity contribution in [1.29, 1.82) is 0 Å². The van der Waals surface area contributed by atoms with E-state index in [2.05, 4.69) is 10.5 Å². The third kappa shape index (κ3) is 5.62. The maximum absolute atomic E-state index is 12.3. The lowest BCUT2D eigenvalue weighted by molar-refractivity contribution is -0.123. The van der Waals surface area contributed by atoms with E-state index in [1.807, 2.05) is 61.5 Å². The number of rotatable bonds is 7. The number of hydrogen-bond acceptors (Lipinski definition) is 5. The summed E-state index contributed by atoms with van der Waals surface area (Å²) >= 11 is 0. The Hall–Kier alpha value is -4.45. The molecule has 0 radical (unpaired) electrons. The van der Waals surface area contributed by atoms with Gasteiger partial charge in [-0.3, -0.25) is 4.79 Å². The van der Waals surface area contributed by atoms with Crippen LogP contribution in [0.25, 0.3) is 10.8 Å². The Morgan fingerprint density at radius 2 is 1.61 bits per heavy atom. The predicted molar refractivity (Wildman–Crippen MR) is 128 cm³/mol. The molecule has 0 saturated heterocycles. The molecule has 6 heteroatoms. The molecule has 0 saturated carbocycles. The first-order valence-corrected chi connectivity index (χ1v) is 10.4. The monoisotopic (exact) mass is 438 g/mol. The molecule has 6 nitrogen and oxygen atoms in total. The van der Waals surface area contributed by atoms with Gasteiger partial charge in [0.05, 0.1) is 11.8 Å². The van der Waals surface area contributed by atoms with Crippen molar-refractivity contribution in [2.45, 2.75) is 6.92 Å². The second kappa shape index (κ2) is 10.2. The van der Waals surface area contributed by atoms with E-state index in [1.165, 1.54) is 6.21 Å². The van der Waals surface area contributed by atoms with Crippen LogP contribution in [0.3, 0.4) is 0 Å². The highest BCUT2D eigenvalue weighted by Gasteiger charge is 2.10. The molecule has 0 aliphatic heterocycles. The second-order valence-corrected chi connectivity index (χ2v) is 7.33. The summed E-state index contributed by atoms with van der Waals surface area (Å²) in [6, 6.07) is 27.6. The molecule has 0 atom stereocenters. The van der Waals surface area contributed by atoms with Crippen LogP contribution in [0.15, 0.2) is 96.1 Å². The zero-order chi connectivity index (χ0) is 23.0. The number of carbonyl (C=O) groups excluding carboxylic acids is 2. The Morgan fingerprint density at radius 3 is 2.42 bits per heavy atom. The fraction of sp³-hybridized carbons (Fsp3) is 0.0741. The van der Waals surface area contributed by atoms with Crippen molar-refractivity contribution in [3.8, 4) is 11.5 Å². The van der Waals surface area contributed by atoms with Crippen LogP contribution < -0.4 is 14.9 Å². The van der Waals surface area contributed by atoms with Gasteiger partial charge in [0.2, 0.25) is 0 Å². The molecule has 4 rings (SSSR count). The first kappa shape index (κ1) is 21.8. The average Bonchev–Trinajstić information content (AvgIpc) is 2.84. The van der Waals surface area contributed by atoms with E-state index in [-0.39, 0.29) is 12.5 Å². The van der Waals surface area contributed by atoms with Crippen LogP contribution in [0.1, 0.15) is 21.5 Å². The van der Waals surface area contributed by atoms with E-state index in [0.717, 1.165) is 21.9 Å². The summed E-state index contributed by atoms with van der Waals surface area (Å²) in [4.78, 5) is 24.4. The Labute approximate surface area is 191 Å². The maximum Gasteiger partial charge on any atom is 0.343 e. The van der Waals surface area contributed by atoms with Gasteiger partial charge in [-0.1, -0.05) is 54.6 Å². The number of aryl methyl sites for hydroxylation is 1. The fourth-order valence-electron chi connectivity index (χ4n) is 3.26. The van der Waals surface area contributed by atoms with Crippen molar-refractivity contribution in [2.75, 3.05) is 6.61 Å². The van der Waals surface area contributed by atoms with Crippen molar-refractivity contribution < 1.29 is 19.1 Å². The van der Waals surface area contributed by atoms with Gasteiger partial charge in [0.15, 0.2) is 6.61 Å². The molecule has 0 aliphatic rings. The first-order chi connectivity index (χ1) is 16.1. The van der Waals surface area contributed by atoms with E-state index in [0.29, 0.717) is 17.1 Å². The molecule has 4 aromatic rings. The summed E-state index contributed by atoms with van der Waals surface area (Å²) in [6.45, 7) is 1.71. The number of esters is 1. The number of carbonyl (C=O) groups is 2. The van der Waals surface area contributed by atoms with Crippen molar-refractivity contribution in [1.82, 2.24) is 5.43 Å². The molecule has 0 spiro atoms. The molecule has 164 valence electrons. The maximum atomic E-state index is 12.3. The zero-order valence-corrected chi connectivity index (χ0v) is 18.0. The molecule has 1 N–H and O–H groups in total. The summed E-state index contributed by atoms with van der Waals surface area (Å²) in [7, 11) is 0. The van der Waals surface area contributed by atoms with Gasteiger partial charge in [0, 0.05) is 5.39 Å². The molecular weight excluding hydrogens is 416 g/mol. The first-order valence-electron chi connectivity index (χ1n) is 10.4. The number of hydrogen-bond donors (Lipinski definition) is 1. The van der Waals surface area contributed by atoms with Gasteiger partial charge in [-0.05, 0) is 59.8 Å². The van der Waals surface area contributed by atoms with Gasteiger partial charge in [-0.15, -0.1) is 0 Å². The number of amides is 1. The van der Waals surface area contributed by atoms with E-state index in [4.69, 9.17) is 9.47 Å². The smallest absolute Gasteiger partial charge is 0.343 e. The molecule has 0 aromatic heterocycles. The molecule has 33 heavy (non-hydrogen) atoms. The molecule has 1 amide bonds. The third-order valence-electron chi connectivity index (χ3n) is 4.97. The summed E-state index contributed by atoms with van der Waals surface area (Å²) in [6.07, 6.45) is 1.50. The summed E-state index contributed by atoms with van der Waals surface area (Å²) in [5.74, 6) is 0.284. The molecular formula is C27H22N2O4. The summed E-state index contributed by atoms with van der Waals surface area (Å²) < 4.78 is 11.1. The van der Waals surface area contributed by atoms with Crippen molar-refractivity contribution in [3.63, 3.8) is 0 Å². The highest BCUT2D eigenvalue weighted by Crippen LogP contribution is 2.25. The predicted octanol–water partition coefficient (Wildman–Crippen LogP) is 4.90. The minimum Gasteiger partial charge on any atom is -0.483 e. The number of nitrogens with one attached hydrogen (secondary N) is 1. The fourth-order valence-corrected chi connectivity index (χ4v) is 3.26. The Morgan fingerprint density at radius 1 is 0.879 bits per heavy atom. The zero-order valence-electron chi connectivity index (χ0n) is 18.0. The molecule has 0 aliphatic carbocycles. The van der Waals surface area contributed by atoms with Gasteiger partial charge >= 0.3 is 5.97 Å². The lowest BCUT2D eigenvalue weighted by Crippen LogP contribution is -2.24. The van der Waals surface area contributed by atoms with Crippen molar-refractivity contribution in [3.05, 3.63) is 108 Å². The van der Waals surface area contributed by atoms with Crippen LogP contribution in [0.5, 0.6) is 11.5 Å². The van der Waals surface area contributed by atoms with Crippen LogP contribution in [0.2, 0.25) is 0 Å². The molecule has 0 bridgehead atoms. The van der Waals surface area contributed by atoms with Crippen LogP contribution >= 0.6 is 0 Å². The highest BCUT2D eigenvalue weighted by atomic mass is 16.5. The highest BCUT2D eigenvalue weighted by molar-refractivity contribution is 5.92. The SMILES string of the molecule is Cc1ccccc1C(=O)Oc1ccc(/C=N\NC(=O)COc2cccc3ccccc23)cc1. The molecule has 4 aromatic carbocycles. The van der Waals surface area contributed by atoms with Crippen molar-refractivity contribution >= 4 is 28.9 Å². The van der Waals surface area contributed by atoms with E-state index in [1.54, 1.807) is 36.4 Å². The molecule has 0 heterocycles. The van der Waals surface area contributed by atoms with Crippen molar-refractivity contribution in [2.24, 2.45) is 5.10 Å². The molecule has 0 unspecified atom stereocenters. The molecule has 0 fully saturated rings. The lowest BCUT2D eigenvalue weighted by Gasteiger charge is -2.08. The Kier molecular flexibility index (Phi) is 6.75. The third-order valence-corrected chi connectivity index (χ3v) is 4.97. The van der Waals surface area contributed by atoms with E-state index >= 15 is 0 Å². The van der Waals surface area contributed by atoms with Gasteiger partial charge in [-0.25, -0.2) is 10.2 Å². The van der Waals surface area contributed by atoms with Gasteiger partial charge in [0.1, 0.15) is 11.5 Å². The van der Waals surface area contributed by atoms with E-state index < -0.39 is 5.97 Å². The number of fused-ring (bicyclic) bond motifs is 1. The van der Waals surface area contributed by atoms with E-state index in [9.17, 15) is 9.59 Å². The van der Waals surface area contributed by atoms with Crippen LogP contribution in [-0.2, 0) is 4.79 Å². The van der Waals surface area contributed by atoms with Crippen LogP contribution in [0, 0.1) is 6.92 Å². The quantitative estimate of drug-likeness (QED) is 0.193. The van der Waals surface area contributed by atoms with Gasteiger partial charge < -0.3 is 9.47 Å². The number of benzene rings is 4. The summed E-state index contributed by atoms with van der Waals surface area (Å²) in [5.41, 5.74) is 4.56. The lowest BCUT2D eigenvalue weighted by atomic mass is 10.1. The Bertz CT molecular complexity index is 1310. The van der Waals surface area contributed by atoms with Crippen LogP contribution in [-0.4, -0.2) is 24.7 Å². The number of hydrazone groups is 1. The van der Waals surface area contributed by atoms with Gasteiger partial charge in [-0.2, -0.15) is 5.10 Å². The Balaban J connectivity index is 1.28. The average molecular weight is 438 g/mol. The van der Waals surface area contributed by atoms with Gasteiger partial charge in [0.25, 0.3) is 5.91 Å². The second-order valence-electron chi connectivity index (χ2n) is 7.33. The largest absolute Gasteiger partial charge is 0.483 e. The number of ether oxygens (including phenoxy) is 2. The van der Waals surface area contributed by atoms with Crippen LogP contribution in [0.4, 0.5) is 0 Å². The summed E-state index contributed by atoms with van der Waals surface area (Å²) in [5, 5.41) is 5.94. The minimum atomic E-state index is -0.409. The minimum absolute atomic E-state index is 0.154.